The zero-order valence-electron chi connectivity index (χ0n) is 16.2. The fourth-order valence-electron chi connectivity index (χ4n) is 4.36. The quantitative estimate of drug-likeness (QED) is 0.645. The van der Waals surface area contributed by atoms with Gasteiger partial charge >= 0.3 is 0 Å². The molecule has 0 fully saturated rings. The molecular formula is C24H23N3O2. The normalized spacial score (nSPS) is 22.8. The van der Waals surface area contributed by atoms with Crippen molar-refractivity contribution in [2.75, 3.05) is 7.11 Å². The van der Waals surface area contributed by atoms with Crippen LogP contribution in [-0.4, -0.2) is 30.6 Å². The fraction of sp³-hybridized carbons (Fsp3) is 0.208. The number of hydrogen-bond donors (Lipinski definition) is 3. The van der Waals surface area contributed by atoms with E-state index in [9.17, 15) is 5.11 Å². The average molecular weight is 385 g/mol. The van der Waals surface area contributed by atoms with Crippen LogP contribution >= 0.6 is 0 Å². The van der Waals surface area contributed by atoms with E-state index >= 15 is 0 Å². The highest BCUT2D eigenvalue weighted by molar-refractivity contribution is 6.01. The number of benzene rings is 3. The molecule has 3 aromatic carbocycles. The number of aromatic hydroxyl groups is 1. The predicted octanol–water partition coefficient (Wildman–Crippen LogP) is 3.59. The Balaban J connectivity index is 1.54. The Hall–Kier alpha value is -3.15. The van der Waals surface area contributed by atoms with Gasteiger partial charge in [0.25, 0.3) is 0 Å². The first-order valence-electron chi connectivity index (χ1n) is 9.83. The summed E-state index contributed by atoms with van der Waals surface area (Å²) in [5, 5.41) is 17.3. The third-order valence-corrected chi connectivity index (χ3v) is 5.75. The van der Waals surface area contributed by atoms with E-state index in [1.54, 1.807) is 19.2 Å². The van der Waals surface area contributed by atoms with Crippen LogP contribution in [0.15, 0.2) is 77.8 Å². The summed E-state index contributed by atoms with van der Waals surface area (Å²) in [7, 11) is 1.64. The first kappa shape index (κ1) is 17.9. The van der Waals surface area contributed by atoms with Gasteiger partial charge in [-0.25, -0.2) is 4.99 Å². The number of phenolic OH excluding ortho intramolecular Hbond substituents is 1. The minimum atomic E-state index is -0.486. The Morgan fingerprint density at radius 3 is 2.38 bits per heavy atom. The first-order chi connectivity index (χ1) is 14.2. The molecular weight excluding hydrogens is 362 g/mol. The lowest BCUT2D eigenvalue weighted by atomic mass is 9.77. The zero-order valence-corrected chi connectivity index (χ0v) is 16.2. The van der Waals surface area contributed by atoms with Gasteiger partial charge in [0.05, 0.1) is 11.7 Å². The highest BCUT2D eigenvalue weighted by Crippen LogP contribution is 2.41. The van der Waals surface area contributed by atoms with Crippen LogP contribution in [0.1, 0.15) is 22.6 Å². The number of aliphatic imine (C=N–C) groups is 1. The molecule has 5 rings (SSSR count). The van der Waals surface area contributed by atoms with Gasteiger partial charge in [-0.05, 0) is 40.8 Å². The minimum absolute atomic E-state index is 0.0958. The van der Waals surface area contributed by atoms with E-state index in [2.05, 4.69) is 64.2 Å². The summed E-state index contributed by atoms with van der Waals surface area (Å²) in [4.78, 5) is 4.59. The zero-order chi connectivity index (χ0) is 19.8. The number of rotatable bonds is 3. The number of nitrogens with zero attached hydrogens (tertiary/aromatic N) is 1. The Morgan fingerprint density at radius 1 is 0.897 bits per heavy atom. The van der Waals surface area contributed by atoms with E-state index in [1.807, 2.05) is 12.1 Å². The summed E-state index contributed by atoms with van der Waals surface area (Å²) >= 11 is 0. The summed E-state index contributed by atoms with van der Waals surface area (Å²) in [6, 6.07) is 24.4. The number of methoxy groups -OCH3 is 1. The maximum atomic E-state index is 10.3. The number of amidine groups is 1. The summed E-state index contributed by atoms with van der Waals surface area (Å²) < 4.78 is 5.54. The number of nitrogens with one attached hydrogen (secondary N) is 2. The largest absolute Gasteiger partial charge is 0.507 e. The van der Waals surface area contributed by atoms with Crippen LogP contribution in [0.4, 0.5) is 0 Å². The molecule has 1 heterocycles. The molecule has 0 amide bonds. The molecule has 5 nitrogen and oxygen atoms in total. The Morgan fingerprint density at radius 2 is 1.59 bits per heavy atom. The van der Waals surface area contributed by atoms with Crippen LogP contribution in [0.2, 0.25) is 0 Å². The smallest absolute Gasteiger partial charge is 0.207 e. The van der Waals surface area contributed by atoms with Gasteiger partial charge in [0, 0.05) is 13.0 Å². The van der Waals surface area contributed by atoms with E-state index < -0.39 is 6.35 Å². The number of hydrogen-bond acceptors (Lipinski definition) is 5. The van der Waals surface area contributed by atoms with Crippen molar-refractivity contribution in [1.29, 1.82) is 0 Å². The van der Waals surface area contributed by atoms with E-state index in [1.165, 1.54) is 22.3 Å². The molecule has 0 bridgehead atoms. The number of para-hydroxylation sites is 1. The Kier molecular flexibility index (Phi) is 4.54. The van der Waals surface area contributed by atoms with Gasteiger partial charge in [-0.2, -0.15) is 0 Å². The third kappa shape index (κ3) is 3.18. The van der Waals surface area contributed by atoms with Crippen LogP contribution in [0.5, 0.6) is 5.75 Å². The number of ether oxygens (including phenoxy) is 1. The summed E-state index contributed by atoms with van der Waals surface area (Å²) in [6.07, 6.45) is 0.323. The van der Waals surface area contributed by atoms with Gasteiger partial charge in [-0.3, -0.25) is 5.32 Å². The summed E-state index contributed by atoms with van der Waals surface area (Å²) in [5.74, 6) is 1.02. The lowest BCUT2D eigenvalue weighted by Gasteiger charge is -2.39. The SMILES string of the molecule is COC1N=C(c2ccccc2O)NC(C2Cc3ccccc3-c3ccccc32)N1. The standard InChI is InChI=1S/C24H23N3O2/c1-29-24-26-22(19-12-6-7-13-21(19)28)25-23(27-24)20-14-15-8-2-3-9-16(15)17-10-4-5-11-18(17)20/h2-13,20,23-24,27-28H,14H2,1H3,(H,25,26). The van der Waals surface area contributed by atoms with E-state index in [0.717, 1.165) is 6.42 Å². The van der Waals surface area contributed by atoms with Gasteiger partial charge in [0.15, 0.2) is 0 Å². The minimum Gasteiger partial charge on any atom is -0.507 e. The number of phenols is 1. The van der Waals surface area contributed by atoms with Crippen molar-refractivity contribution in [1.82, 2.24) is 10.6 Å². The van der Waals surface area contributed by atoms with Crippen LogP contribution in [0.25, 0.3) is 11.1 Å². The summed E-state index contributed by atoms with van der Waals surface area (Å²) in [6.45, 7) is 0. The maximum absolute atomic E-state index is 10.3. The van der Waals surface area contributed by atoms with Gasteiger partial charge in [0.1, 0.15) is 11.6 Å². The van der Waals surface area contributed by atoms with Crippen molar-refractivity contribution in [3.8, 4) is 16.9 Å². The monoisotopic (exact) mass is 385 g/mol. The molecule has 5 heteroatoms. The van der Waals surface area contributed by atoms with Gasteiger partial charge in [0.2, 0.25) is 6.35 Å². The van der Waals surface area contributed by atoms with Crippen molar-refractivity contribution in [2.45, 2.75) is 24.9 Å². The molecule has 1 aliphatic carbocycles. The molecule has 0 aromatic heterocycles. The molecule has 1 aliphatic heterocycles. The first-order valence-corrected chi connectivity index (χ1v) is 9.83. The molecule has 3 N–H and O–H groups in total. The third-order valence-electron chi connectivity index (χ3n) is 5.75. The van der Waals surface area contributed by atoms with Crippen molar-refractivity contribution < 1.29 is 9.84 Å². The summed E-state index contributed by atoms with van der Waals surface area (Å²) in [5.41, 5.74) is 5.87. The van der Waals surface area contributed by atoms with Crippen LogP contribution < -0.4 is 10.6 Å². The second-order valence-corrected chi connectivity index (χ2v) is 7.43. The second kappa shape index (κ2) is 7.35. The molecule has 3 aromatic rings. The molecule has 0 radical (unpaired) electrons. The fourth-order valence-corrected chi connectivity index (χ4v) is 4.36. The molecule has 29 heavy (non-hydrogen) atoms. The molecule has 0 saturated carbocycles. The van der Waals surface area contributed by atoms with Crippen LogP contribution in [-0.2, 0) is 11.2 Å². The molecule has 146 valence electrons. The van der Waals surface area contributed by atoms with Gasteiger partial charge in [-0.15, -0.1) is 0 Å². The van der Waals surface area contributed by atoms with Crippen molar-refractivity contribution in [3.05, 3.63) is 89.5 Å². The van der Waals surface area contributed by atoms with E-state index in [0.29, 0.717) is 11.4 Å². The number of fused-ring (bicyclic) bond motifs is 3. The van der Waals surface area contributed by atoms with Crippen LogP contribution in [0, 0.1) is 0 Å². The average Bonchev–Trinajstić information content (AvgIpc) is 2.78. The Bertz CT molecular complexity index is 1080. The predicted molar refractivity (Wildman–Crippen MR) is 114 cm³/mol. The molecule has 3 unspecified atom stereocenters. The molecule has 0 saturated heterocycles. The van der Waals surface area contributed by atoms with E-state index in [-0.39, 0.29) is 17.8 Å². The molecule has 2 aliphatic rings. The van der Waals surface area contributed by atoms with Crippen molar-refractivity contribution in [3.63, 3.8) is 0 Å². The second-order valence-electron chi connectivity index (χ2n) is 7.43. The molecule has 3 atom stereocenters. The van der Waals surface area contributed by atoms with Gasteiger partial charge < -0.3 is 15.2 Å². The van der Waals surface area contributed by atoms with Crippen molar-refractivity contribution >= 4 is 5.84 Å². The Labute approximate surface area is 170 Å². The molecule has 0 spiro atoms. The lowest BCUT2D eigenvalue weighted by Crippen LogP contribution is -2.58. The van der Waals surface area contributed by atoms with Gasteiger partial charge in [-0.1, -0.05) is 60.7 Å². The topological polar surface area (TPSA) is 65.9 Å². The van der Waals surface area contributed by atoms with Crippen LogP contribution in [0.3, 0.4) is 0 Å². The van der Waals surface area contributed by atoms with E-state index in [4.69, 9.17) is 4.74 Å². The highest BCUT2D eigenvalue weighted by Gasteiger charge is 2.35. The lowest BCUT2D eigenvalue weighted by molar-refractivity contribution is 0.0575. The highest BCUT2D eigenvalue weighted by atomic mass is 16.5. The maximum Gasteiger partial charge on any atom is 0.207 e. The van der Waals surface area contributed by atoms with Crippen molar-refractivity contribution in [2.24, 2.45) is 4.99 Å².